The summed E-state index contributed by atoms with van der Waals surface area (Å²) in [6.45, 7) is 4.80. The second-order valence-corrected chi connectivity index (χ2v) is 8.08. The van der Waals surface area contributed by atoms with E-state index < -0.39 is 0 Å². The summed E-state index contributed by atoms with van der Waals surface area (Å²) in [6, 6.07) is 2.90. The van der Waals surface area contributed by atoms with Crippen LogP contribution >= 0.6 is 11.3 Å². The Morgan fingerprint density at radius 3 is 2.83 bits per heavy atom. The van der Waals surface area contributed by atoms with E-state index in [-0.39, 0.29) is 11.9 Å². The van der Waals surface area contributed by atoms with Gasteiger partial charge in [-0.15, -0.1) is 0 Å². The maximum atomic E-state index is 12.4. The van der Waals surface area contributed by atoms with Gasteiger partial charge in [-0.3, -0.25) is 9.69 Å². The molecule has 0 aromatic carbocycles. The second-order valence-electron chi connectivity index (χ2n) is 7.30. The van der Waals surface area contributed by atoms with E-state index >= 15 is 0 Å². The smallest absolute Gasteiger partial charge is 0.224 e. The predicted octanol–water partition coefficient (Wildman–Crippen LogP) is 1.45. The van der Waals surface area contributed by atoms with Crippen molar-refractivity contribution < 1.29 is 9.53 Å². The zero-order valence-electron chi connectivity index (χ0n) is 14.7. The van der Waals surface area contributed by atoms with E-state index in [0.717, 1.165) is 51.3 Å². The van der Waals surface area contributed by atoms with E-state index in [9.17, 15) is 4.79 Å². The standard InChI is InChI=1S/C18H29N3O2S/c1-20(2)10-15-11-21(16-3-6-23-7-4-16)12-17(15)19-18(22)9-14-5-8-24-13-14/h5,8,13,15-17H,3-4,6-7,9-12H2,1-2H3,(H,19,22)/t15-,17-/m1/s1. The number of carbonyl (C=O) groups excluding carboxylic acids is 1. The van der Waals surface area contributed by atoms with Gasteiger partial charge < -0.3 is 15.0 Å². The van der Waals surface area contributed by atoms with Gasteiger partial charge in [0.05, 0.1) is 6.42 Å². The van der Waals surface area contributed by atoms with Crippen LogP contribution in [0.1, 0.15) is 18.4 Å². The van der Waals surface area contributed by atoms with Gasteiger partial charge in [0.15, 0.2) is 0 Å². The highest BCUT2D eigenvalue weighted by Crippen LogP contribution is 2.24. The van der Waals surface area contributed by atoms with Crippen molar-refractivity contribution >= 4 is 17.2 Å². The first kappa shape index (κ1) is 17.9. The summed E-state index contributed by atoms with van der Waals surface area (Å²) < 4.78 is 5.50. The van der Waals surface area contributed by atoms with Crippen molar-refractivity contribution in [2.75, 3.05) is 46.9 Å². The number of nitrogens with one attached hydrogen (secondary N) is 1. The maximum absolute atomic E-state index is 12.4. The number of thiophene rings is 1. The lowest BCUT2D eigenvalue weighted by Crippen LogP contribution is -2.44. The third kappa shape index (κ3) is 4.79. The van der Waals surface area contributed by atoms with Crippen molar-refractivity contribution in [3.05, 3.63) is 22.4 Å². The van der Waals surface area contributed by atoms with E-state index in [1.165, 1.54) is 0 Å². The van der Waals surface area contributed by atoms with Gasteiger partial charge in [0, 0.05) is 50.8 Å². The highest BCUT2D eigenvalue weighted by atomic mass is 32.1. The first-order chi connectivity index (χ1) is 11.6. The molecule has 1 amide bonds. The summed E-state index contributed by atoms with van der Waals surface area (Å²) in [5, 5.41) is 7.39. The number of rotatable bonds is 6. The molecule has 24 heavy (non-hydrogen) atoms. The Kier molecular flexibility index (Phi) is 6.27. The number of likely N-dealkylation sites (tertiary alicyclic amines) is 1. The maximum Gasteiger partial charge on any atom is 0.224 e. The summed E-state index contributed by atoms with van der Waals surface area (Å²) in [4.78, 5) is 17.2. The molecule has 0 unspecified atom stereocenters. The van der Waals surface area contributed by atoms with Crippen molar-refractivity contribution in [3.8, 4) is 0 Å². The van der Waals surface area contributed by atoms with Gasteiger partial charge in [-0.05, 0) is 49.3 Å². The van der Waals surface area contributed by atoms with Crippen LogP contribution in [0.25, 0.3) is 0 Å². The highest BCUT2D eigenvalue weighted by Gasteiger charge is 2.37. The minimum atomic E-state index is 0.149. The molecular weight excluding hydrogens is 322 g/mol. The Morgan fingerprint density at radius 1 is 1.38 bits per heavy atom. The molecule has 3 heterocycles. The number of ether oxygens (including phenoxy) is 1. The van der Waals surface area contributed by atoms with Gasteiger partial charge in [0.25, 0.3) is 0 Å². The van der Waals surface area contributed by atoms with Gasteiger partial charge in [-0.2, -0.15) is 11.3 Å². The number of carbonyl (C=O) groups is 1. The summed E-state index contributed by atoms with van der Waals surface area (Å²) in [5.74, 6) is 0.644. The molecule has 1 aromatic heterocycles. The molecular formula is C18H29N3O2S. The van der Waals surface area contributed by atoms with Crippen molar-refractivity contribution in [1.82, 2.24) is 15.1 Å². The molecule has 2 aliphatic heterocycles. The Hall–Kier alpha value is -0.950. The van der Waals surface area contributed by atoms with Crippen LogP contribution in [0.4, 0.5) is 0 Å². The fourth-order valence-corrected chi connectivity index (χ4v) is 4.58. The average Bonchev–Trinajstić information content (AvgIpc) is 3.18. The Labute approximate surface area is 149 Å². The summed E-state index contributed by atoms with van der Waals surface area (Å²) in [6.07, 6.45) is 2.72. The molecule has 2 atom stereocenters. The molecule has 0 bridgehead atoms. The van der Waals surface area contributed by atoms with Crippen LogP contribution < -0.4 is 5.32 Å². The quantitative estimate of drug-likeness (QED) is 0.843. The number of amides is 1. The average molecular weight is 352 g/mol. The van der Waals surface area contributed by atoms with Crippen molar-refractivity contribution in [2.24, 2.45) is 5.92 Å². The van der Waals surface area contributed by atoms with E-state index in [2.05, 4.69) is 34.6 Å². The highest BCUT2D eigenvalue weighted by molar-refractivity contribution is 7.07. The zero-order valence-corrected chi connectivity index (χ0v) is 15.6. The number of hydrogen-bond acceptors (Lipinski definition) is 5. The summed E-state index contributed by atoms with van der Waals surface area (Å²) in [7, 11) is 4.22. The third-order valence-corrected chi connectivity index (χ3v) is 5.80. The van der Waals surface area contributed by atoms with Crippen LogP contribution in [0.3, 0.4) is 0 Å². The molecule has 3 rings (SSSR count). The normalized spacial score (nSPS) is 26.1. The van der Waals surface area contributed by atoms with Crippen molar-refractivity contribution in [1.29, 1.82) is 0 Å². The second kappa shape index (κ2) is 8.43. The Balaban J connectivity index is 1.58. The molecule has 5 nitrogen and oxygen atoms in total. The zero-order chi connectivity index (χ0) is 16.9. The van der Waals surface area contributed by atoms with Gasteiger partial charge >= 0.3 is 0 Å². The topological polar surface area (TPSA) is 44.8 Å². The molecule has 6 heteroatoms. The lowest BCUT2D eigenvalue weighted by Gasteiger charge is -2.31. The molecule has 134 valence electrons. The lowest BCUT2D eigenvalue weighted by molar-refractivity contribution is -0.121. The monoisotopic (exact) mass is 351 g/mol. The molecule has 0 aliphatic carbocycles. The first-order valence-electron chi connectivity index (χ1n) is 8.89. The van der Waals surface area contributed by atoms with Crippen LogP contribution in [0, 0.1) is 5.92 Å². The molecule has 2 saturated heterocycles. The van der Waals surface area contributed by atoms with Crippen molar-refractivity contribution in [3.63, 3.8) is 0 Å². The molecule has 2 fully saturated rings. The first-order valence-corrected chi connectivity index (χ1v) is 9.83. The van der Waals surface area contributed by atoms with E-state index in [1.54, 1.807) is 11.3 Å². The molecule has 0 spiro atoms. The minimum Gasteiger partial charge on any atom is -0.381 e. The molecule has 2 aliphatic rings. The van der Waals surface area contributed by atoms with Crippen LogP contribution in [-0.2, 0) is 16.0 Å². The fraction of sp³-hybridized carbons (Fsp3) is 0.722. The van der Waals surface area contributed by atoms with E-state index in [0.29, 0.717) is 18.4 Å². The third-order valence-electron chi connectivity index (χ3n) is 5.07. The summed E-state index contributed by atoms with van der Waals surface area (Å²) in [5.41, 5.74) is 1.11. The van der Waals surface area contributed by atoms with Gasteiger partial charge in [0.2, 0.25) is 5.91 Å². The molecule has 0 saturated carbocycles. The SMILES string of the molecule is CN(C)C[C@@H]1CN(C2CCOCC2)C[C@H]1NC(=O)Cc1ccsc1. The van der Waals surface area contributed by atoms with Crippen LogP contribution in [-0.4, -0.2) is 74.7 Å². The predicted molar refractivity (Wildman–Crippen MR) is 97.4 cm³/mol. The number of nitrogens with zero attached hydrogens (tertiary/aromatic N) is 2. The fourth-order valence-electron chi connectivity index (χ4n) is 3.91. The van der Waals surface area contributed by atoms with E-state index in [4.69, 9.17) is 4.74 Å². The van der Waals surface area contributed by atoms with Gasteiger partial charge in [-0.1, -0.05) is 0 Å². The number of hydrogen-bond donors (Lipinski definition) is 1. The Bertz CT molecular complexity index is 514. The summed E-state index contributed by atoms with van der Waals surface area (Å²) >= 11 is 1.65. The van der Waals surface area contributed by atoms with Gasteiger partial charge in [-0.25, -0.2) is 0 Å². The minimum absolute atomic E-state index is 0.149. The molecule has 1 N–H and O–H groups in total. The lowest BCUT2D eigenvalue weighted by atomic mass is 10.0. The van der Waals surface area contributed by atoms with E-state index in [1.807, 2.05) is 11.4 Å². The largest absolute Gasteiger partial charge is 0.381 e. The van der Waals surface area contributed by atoms with Gasteiger partial charge in [0.1, 0.15) is 0 Å². The van der Waals surface area contributed by atoms with Crippen LogP contribution in [0.2, 0.25) is 0 Å². The van der Waals surface area contributed by atoms with Crippen LogP contribution in [0.5, 0.6) is 0 Å². The van der Waals surface area contributed by atoms with Crippen molar-refractivity contribution in [2.45, 2.75) is 31.3 Å². The van der Waals surface area contributed by atoms with Crippen LogP contribution in [0.15, 0.2) is 16.8 Å². The Morgan fingerprint density at radius 2 is 2.17 bits per heavy atom. The molecule has 0 radical (unpaired) electrons. The molecule has 1 aromatic rings.